The number of halogens is 1. The van der Waals surface area contributed by atoms with Gasteiger partial charge in [0.2, 0.25) is 11.8 Å². The standard InChI is InChI=1S/C19H21FN2O3/c1-25-17-8-4-14(5-9-17)10-11-21-18(23)12-19(24)22-13-15-2-6-16(20)7-3-15/h2-9H,10-13H2,1H3,(H,21,23)(H,22,24). The number of ether oxygens (including phenoxy) is 1. The van der Waals surface area contributed by atoms with Crippen LogP contribution in [0.3, 0.4) is 0 Å². The zero-order valence-corrected chi connectivity index (χ0v) is 14.0. The maximum absolute atomic E-state index is 12.8. The van der Waals surface area contributed by atoms with Gasteiger partial charge in [-0.05, 0) is 41.8 Å². The first-order valence-corrected chi connectivity index (χ1v) is 7.97. The highest BCUT2D eigenvalue weighted by Gasteiger charge is 2.08. The van der Waals surface area contributed by atoms with Crippen LogP contribution >= 0.6 is 0 Å². The molecule has 5 nitrogen and oxygen atoms in total. The van der Waals surface area contributed by atoms with E-state index in [0.717, 1.165) is 16.9 Å². The van der Waals surface area contributed by atoms with Crippen molar-refractivity contribution in [1.29, 1.82) is 0 Å². The fourth-order valence-electron chi connectivity index (χ4n) is 2.21. The van der Waals surface area contributed by atoms with E-state index in [1.165, 1.54) is 12.1 Å². The third kappa shape index (κ3) is 6.63. The van der Waals surface area contributed by atoms with Gasteiger partial charge in [0.05, 0.1) is 7.11 Å². The number of rotatable bonds is 8. The van der Waals surface area contributed by atoms with Crippen molar-refractivity contribution < 1.29 is 18.7 Å². The summed E-state index contributed by atoms with van der Waals surface area (Å²) in [6, 6.07) is 13.4. The highest BCUT2D eigenvalue weighted by atomic mass is 19.1. The zero-order valence-electron chi connectivity index (χ0n) is 14.0. The largest absolute Gasteiger partial charge is 0.497 e. The molecule has 0 heterocycles. The van der Waals surface area contributed by atoms with Gasteiger partial charge in [0.25, 0.3) is 0 Å². The number of hydrogen-bond acceptors (Lipinski definition) is 3. The minimum atomic E-state index is -0.369. The van der Waals surface area contributed by atoms with Gasteiger partial charge in [-0.1, -0.05) is 24.3 Å². The van der Waals surface area contributed by atoms with E-state index in [1.807, 2.05) is 24.3 Å². The number of carbonyl (C=O) groups is 2. The predicted molar refractivity (Wildman–Crippen MR) is 92.6 cm³/mol. The van der Waals surface area contributed by atoms with Crippen LogP contribution in [-0.4, -0.2) is 25.5 Å². The van der Waals surface area contributed by atoms with E-state index in [-0.39, 0.29) is 30.6 Å². The van der Waals surface area contributed by atoms with Gasteiger partial charge in [-0.2, -0.15) is 0 Å². The van der Waals surface area contributed by atoms with Gasteiger partial charge >= 0.3 is 0 Å². The average molecular weight is 344 g/mol. The molecule has 0 aliphatic rings. The zero-order chi connectivity index (χ0) is 18.1. The van der Waals surface area contributed by atoms with Crippen LogP contribution in [0.15, 0.2) is 48.5 Å². The van der Waals surface area contributed by atoms with Crippen molar-refractivity contribution in [3.05, 3.63) is 65.5 Å². The van der Waals surface area contributed by atoms with E-state index in [9.17, 15) is 14.0 Å². The summed E-state index contributed by atoms with van der Waals surface area (Å²) in [7, 11) is 1.61. The Morgan fingerprint density at radius 2 is 1.52 bits per heavy atom. The minimum Gasteiger partial charge on any atom is -0.497 e. The molecule has 0 saturated heterocycles. The van der Waals surface area contributed by atoms with E-state index in [4.69, 9.17) is 4.74 Å². The van der Waals surface area contributed by atoms with Crippen molar-refractivity contribution in [3.8, 4) is 5.75 Å². The van der Waals surface area contributed by atoms with Crippen LogP contribution in [0.25, 0.3) is 0 Å². The van der Waals surface area contributed by atoms with E-state index >= 15 is 0 Å². The Kier molecular flexibility index (Phi) is 6.95. The van der Waals surface area contributed by atoms with Gasteiger partial charge in [0.1, 0.15) is 18.0 Å². The van der Waals surface area contributed by atoms with Crippen LogP contribution in [0.4, 0.5) is 4.39 Å². The summed E-state index contributed by atoms with van der Waals surface area (Å²) in [5.74, 6) is -0.242. The SMILES string of the molecule is COc1ccc(CCNC(=O)CC(=O)NCc2ccc(F)cc2)cc1. The molecule has 2 aromatic rings. The van der Waals surface area contributed by atoms with Crippen LogP contribution in [0.5, 0.6) is 5.75 Å². The van der Waals surface area contributed by atoms with Crippen molar-refractivity contribution in [2.45, 2.75) is 19.4 Å². The molecule has 132 valence electrons. The summed E-state index contributed by atoms with van der Waals surface area (Å²) in [5, 5.41) is 5.35. The highest BCUT2D eigenvalue weighted by molar-refractivity contribution is 5.96. The molecule has 6 heteroatoms. The molecule has 2 rings (SSSR count). The fraction of sp³-hybridized carbons (Fsp3) is 0.263. The minimum absolute atomic E-state index is 0.232. The molecule has 0 unspecified atom stereocenters. The molecule has 2 aromatic carbocycles. The maximum Gasteiger partial charge on any atom is 0.229 e. The Balaban J connectivity index is 1.65. The summed E-state index contributed by atoms with van der Waals surface area (Å²) in [5.41, 5.74) is 1.84. The van der Waals surface area contributed by atoms with Crippen LogP contribution in [0.1, 0.15) is 17.5 Å². The van der Waals surface area contributed by atoms with Gasteiger partial charge in [0.15, 0.2) is 0 Å². The van der Waals surface area contributed by atoms with Crippen molar-refractivity contribution >= 4 is 11.8 Å². The van der Waals surface area contributed by atoms with E-state index in [1.54, 1.807) is 19.2 Å². The quantitative estimate of drug-likeness (QED) is 0.722. The number of hydrogen-bond donors (Lipinski definition) is 2. The molecule has 2 amide bonds. The number of nitrogens with one attached hydrogen (secondary N) is 2. The summed E-state index contributed by atoms with van der Waals surface area (Å²) in [6.45, 7) is 0.717. The van der Waals surface area contributed by atoms with Gasteiger partial charge in [-0.25, -0.2) is 4.39 Å². The molecule has 0 radical (unpaired) electrons. The van der Waals surface area contributed by atoms with Crippen LogP contribution < -0.4 is 15.4 Å². The van der Waals surface area contributed by atoms with Crippen molar-refractivity contribution in [2.75, 3.05) is 13.7 Å². The van der Waals surface area contributed by atoms with E-state index in [2.05, 4.69) is 10.6 Å². The Labute approximate surface area is 146 Å². The number of amides is 2. The third-order valence-corrected chi connectivity index (χ3v) is 3.62. The molecule has 2 N–H and O–H groups in total. The van der Waals surface area contributed by atoms with Crippen LogP contribution in [-0.2, 0) is 22.6 Å². The van der Waals surface area contributed by atoms with Crippen molar-refractivity contribution in [3.63, 3.8) is 0 Å². The molecule has 0 atom stereocenters. The molecule has 0 aromatic heterocycles. The summed E-state index contributed by atoms with van der Waals surface area (Å²) < 4.78 is 17.9. The number of benzene rings is 2. The van der Waals surface area contributed by atoms with Crippen molar-refractivity contribution in [2.24, 2.45) is 0 Å². The number of methoxy groups -OCH3 is 1. The normalized spacial score (nSPS) is 10.2. The fourth-order valence-corrected chi connectivity index (χ4v) is 2.21. The Morgan fingerprint density at radius 3 is 2.16 bits per heavy atom. The van der Waals surface area contributed by atoms with Crippen LogP contribution in [0.2, 0.25) is 0 Å². The second-order valence-electron chi connectivity index (χ2n) is 5.53. The molecule has 0 fully saturated rings. The van der Waals surface area contributed by atoms with E-state index in [0.29, 0.717) is 13.0 Å². The summed E-state index contributed by atoms with van der Waals surface area (Å²) in [4.78, 5) is 23.5. The highest BCUT2D eigenvalue weighted by Crippen LogP contribution is 2.11. The first-order chi connectivity index (χ1) is 12.1. The molecule has 0 aliphatic heterocycles. The van der Waals surface area contributed by atoms with Gasteiger partial charge in [-0.3, -0.25) is 9.59 Å². The Hall–Kier alpha value is -2.89. The van der Waals surface area contributed by atoms with Gasteiger partial charge in [-0.15, -0.1) is 0 Å². The molecular weight excluding hydrogens is 323 g/mol. The lowest BCUT2D eigenvalue weighted by Gasteiger charge is -2.07. The molecule has 0 saturated carbocycles. The lowest BCUT2D eigenvalue weighted by Crippen LogP contribution is -2.32. The summed E-state index contributed by atoms with van der Waals surface area (Å²) >= 11 is 0. The van der Waals surface area contributed by atoms with Gasteiger partial charge < -0.3 is 15.4 Å². The second kappa shape index (κ2) is 9.42. The molecule has 0 aliphatic carbocycles. The molecular formula is C19H21FN2O3. The van der Waals surface area contributed by atoms with Crippen molar-refractivity contribution in [1.82, 2.24) is 10.6 Å². The first kappa shape index (κ1) is 18.4. The predicted octanol–water partition coefficient (Wildman–Crippen LogP) is 2.20. The lowest BCUT2D eigenvalue weighted by molar-refractivity contribution is -0.129. The third-order valence-electron chi connectivity index (χ3n) is 3.62. The second-order valence-corrected chi connectivity index (χ2v) is 5.53. The first-order valence-electron chi connectivity index (χ1n) is 7.97. The topological polar surface area (TPSA) is 67.4 Å². The molecule has 0 spiro atoms. The van der Waals surface area contributed by atoms with E-state index < -0.39 is 0 Å². The Morgan fingerprint density at radius 1 is 0.920 bits per heavy atom. The average Bonchev–Trinajstić information content (AvgIpc) is 2.62. The monoisotopic (exact) mass is 344 g/mol. The van der Waals surface area contributed by atoms with Gasteiger partial charge in [0, 0.05) is 13.1 Å². The Bertz CT molecular complexity index is 700. The summed E-state index contributed by atoms with van der Waals surface area (Å²) in [6.07, 6.45) is 0.441. The maximum atomic E-state index is 12.8. The molecule has 25 heavy (non-hydrogen) atoms. The lowest BCUT2D eigenvalue weighted by atomic mass is 10.1. The molecule has 0 bridgehead atoms. The smallest absolute Gasteiger partial charge is 0.229 e. The van der Waals surface area contributed by atoms with Crippen LogP contribution in [0, 0.1) is 5.82 Å². The number of carbonyl (C=O) groups excluding carboxylic acids is 2.